The molecule has 0 saturated heterocycles. The number of hydrazone groups is 1. The number of hydrogen-bond donors (Lipinski definition) is 3. The molecule has 0 fully saturated rings. The smallest absolute Gasteiger partial charge is 0.329 e. The summed E-state index contributed by atoms with van der Waals surface area (Å²) in [4.78, 5) is 36.6. The van der Waals surface area contributed by atoms with Gasteiger partial charge in [0.2, 0.25) is 0 Å². The Kier molecular flexibility index (Phi) is 9.23. The molecular weight excluding hydrogens is 496 g/mol. The van der Waals surface area contributed by atoms with E-state index in [0.717, 1.165) is 16.7 Å². The molecule has 0 saturated carbocycles. The van der Waals surface area contributed by atoms with Gasteiger partial charge in [-0.05, 0) is 73.4 Å². The van der Waals surface area contributed by atoms with E-state index < -0.39 is 11.8 Å². The summed E-state index contributed by atoms with van der Waals surface area (Å²) in [6.07, 6.45) is 1.35. The van der Waals surface area contributed by atoms with Crippen molar-refractivity contribution in [2.75, 3.05) is 24.4 Å². The molecule has 0 spiro atoms. The minimum Gasteiger partial charge on any atom is -0.493 e. The maximum absolute atomic E-state index is 12.2. The fourth-order valence-corrected chi connectivity index (χ4v) is 3.47. The molecule has 3 aromatic rings. The number of carbonyl (C=O) groups is 3. The number of hydrogen-bond acceptors (Lipinski definition) is 6. The lowest BCUT2D eigenvalue weighted by atomic mass is 10.1. The Morgan fingerprint density at radius 1 is 0.892 bits per heavy atom. The van der Waals surface area contributed by atoms with Gasteiger partial charge in [0.15, 0.2) is 18.1 Å². The maximum atomic E-state index is 12.2. The van der Waals surface area contributed by atoms with Crippen molar-refractivity contribution in [3.63, 3.8) is 0 Å². The fourth-order valence-electron chi connectivity index (χ4n) is 3.29. The van der Waals surface area contributed by atoms with E-state index in [1.165, 1.54) is 13.3 Å². The van der Waals surface area contributed by atoms with Crippen molar-refractivity contribution in [2.45, 2.75) is 20.8 Å². The van der Waals surface area contributed by atoms with E-state index >= 15 is 0 Å². The van der Waals surface area contributed by atoms with E-state index in [9.17, 15) is 14.4 Å². The Bertz CT molecular complexity index is 1340. The number of anilines is 2. The van der Waals surface area contributed by atoms with Crippen LogP contribution in [0.1, 0.15) is 22.3 Å². The van der Waals surface area contributed by atoms with Crippen molar-refractivity contribution in [3.05, 3.63) is 81.9 Å². The third-order valence-corrected chi connectivity index (χ3v) is 5.71. The van der Waals surface area contributed by atoms with Gasteiger partial charge in [-0.3, -0.25) is 14.4 Å². The van der Waals surface area contributed by atoms with Crippen LogP contribution in [0.5, 0.6) is 11.5 Å². The van der Waals surface area contributed by atoms with Crippen LogP contribution in [-0.2, 0) is 14.4 Å². The Hall–Kier alpha value is -4.37. The monoisotopic (exact) mass is 522 g/mol. The number of ether oxygens (including phenoxy) is 2. The first-order valence-electron chi connectivity index (χ1n) is 11.3. The van der Waals surface area contributed by atoms with Gasteiger partial charge < -0.3 is 20.1 Å². The molecular formula is C27H27ClN4O5. The van der Waals surface area contributed by atoms with Crippen molar-refractivity contribution in [1.29, 1.82) is 0 Å². The third-order valence-electron chi connectivity index (χ3n) is 5.31. The molecule has 0 aliphatic rings. The molecule has 3 aromatic carbocycles. The average molecular weight is 523 g/mol. The van der Waals surface area contributed by atoms with E-state index in [0.29, 0.717) is 33.5 Å². The van der Waals surface area contributed by atoms with Crippen LogP contribution >= 0.6 is 11.6 Å². The van der Waals surface area contributed by atoms with Crippen LogP contribution in [0.4, 0.5) is 11.4 Å². The number of para-hydroxylation sites is 1. The number of benzene rings is 3. The first-order valence-corrected chi connectivity index (χ1v) is 11.6. The molecule has 3 rings (SSSR count). The summed E-state index contributed by atoms with van der Waals surface area (Å²) in [5.74, 6) is -1.41. The number of nitrogens with zero attached hydrogens (tertiary/aromatic N) is 1. The molecule has 0 heterocycles. The molecule has 0 aromatic heterocycles. The lowest BCUT2D eigenvalue weighted by Crippen LogP contribution is -2.32. The quantitative estimate of drug-likeness (QED) is 0.230. The van der Waals surface area contributed by atoms with E-state index in [2.05, 4.69) is 21.2 Å². The number of amides is 3. The molecule has 0 aliphatic carbocycles. The van der Waals surface area contributed by atoms with Crippen LogP contribution in [0.15, 0.2) is 59.7 Å². The van der Waals surface area contributed by atoms with Crippen molar-refractivity contribution in [3.8, 4) is 11.5 Å². The van der Waals surface area contributed by atoms with Gasteiger partial charge in [0.05, 0.1) is 13.3 Å². The largest absolute Gasteiger partial charge is 0.493 e. The first-order chi connectivity index (χ1) is 17.7. The van der Waals surface area contributed by atoms with Crippen molar-refractivity contribution in [2.24, 2.45) is 5.10 Å². The first kappa shape index (κ1) is 27.2. The predicted octanol–water partition coefficient (Wildman–Crippen LogP) is 4.38. The number of nitrogens with one attached hydrogen (secondary N) is 3. The van der Waals surface area contributed by atoms with Gasteiger partial charge in [-0.15, -0.1) is 0 Å². The molecule has 10 heteroatoms. The fraction of sp³-hybridized carbons (Fsp3) is 0.185. The Morgan fingerprint density at radius 3 is 2.30 bits per heavy atom. The molecule has 9 nitrogen and oxygen atoms in total. The van der Waals surface area contributed by atoms with E-state index in [1.54, 1.807) is 30.3 Å². The van der Waals surface area contributed by atoms with Crippen LogP contribution in [-0.4, -0.2) is 37.7 Å². The van der Waals surface area contributed by atoms with Crippen molar-refractivity contribution >= 4 is 46.9 Å². The van der Waals surface area contributed by atoms with Gasteiger partial charge in [-0.25, -0.2) is 5.43 Å². The maximum Gasteiger partial charge on any atom is 0.329 e. The van der Waals surface area contributed by atoms with Gasteiger partial charge >= 0.3 is 11.8 Å². The minimum absolute atomic E-state index is 0.249. The summed E-state index contributed by atoms with van der Waals surface area (Å²) >= 11 is 6.08. The molecule has 0 radical (unpaired) electrons. The van der Waals surface area contributed by atoms with Crippen molar-refractivity contribution in [1.82, 2.24) is 5.43 Å². The molecule has 192 valence electrons. The third kappa shape index (κ3) is 7.55. The zero-order valence-corrected chi connectivity index (χ0v) is 21.6. The van der Waals surface area contributed by atoms with E-state index in [4.69, 9.17) is 21.1 Å². The normalized spacial score (nSPS) is 10.6. The minimum atomic E-state index is -0.910. The standard InChI is InChI=1S/C27H27ClN4O5/c1-16-8-10-20(13-21(16)28)30-24(33)15-37-22-11-9-19(12-23(22)36-4)14-29-32-27(35)26(34)31-25-17(2)6-5-7-18(25)3/h5-14H,15H2,1-4H3,(H,30,33)(H,31,34)(H,32,35)/b29-14-. The zero-order chi connectivity index (χ0) is 26.9. The van der Waals surface area contributed by atoms with Crippen LogP contribution in [0, 0.1) is 20.8 Å². The molecule has 37 heavy (non-hydrogen) atoms. The van der Waals surface area contributed by atoms with Gasteiger partial charge in [0.1, 0.15) is 0 Å². The number of rotatable bonds is 8. The summed E-state index contributed by atoms with van der Waals surface area (Å²) in [5.41, 5.74) is 6.51. The number of aryl methyl sites for hydroxylation is 3. The second-order valence-electron chi connectivity index (χ2n) is 8.13. The summed E-state index contributed by atoms with van der Waals surface area (Å²) in [7, 11) is 1.46. The number of halogens is 1. The zero-order valence-electron chi connectivity index (χ0n) is 20.8. The van der Waals surface area contributed by atoms with Gasteiger partial charge in [-0.2, -0.15) is 5.10 Å². The summed E-state index contributed by atoms with van der Waals surface area (Å²) < 4.78 is 10.9. The van der Waals surface area contributed by atoms with Gasteiger partial charge in [0, 0.05) is 16.4 Å². The molecule has 0 bridgehead atoms. The second kappa shape index (κ2) is 12.5. The summed E-state index contributed by atoms with van der Waals surface area (Å²) in [5, 5.41) is 9.69. The summed E-state index contributed by atoms with van der Waals surface area (Å²) in [6, 6.07) is 15.6. The molecule has 0 atom stereocenters. The lowest BCUT2D eigenvalue weighted by Gasteiger charge is -2.12. The number of methoxy groups -OCH3 is 1. The molecule has 3 N–H and O–H groups in total. The van der Waals surface area contributed by atoms with Crippen molar-refractivity contribution < 1.29 is 23.9 Å². The predicted molar refractivity (Wildman–Crippen MR) is 144 cm³/mol. The van der Waals surface area contributed by atoms with Crippen LogP contribution in [0.2, 0.25) is 5.02 Å². The highest BCUT2D eigenvalue weighted by Crippen LogP contribution is 2.28. The average Bonchev–Trinajstić information content (AvgIpc) is 2.87. The topological polar surface area (TPSA) is 118 Å². The Labute approximate surface area is 219 Å². The highest BCUT2D eigenvalue weighted by atomic mass is 35.5. The molecule has 3 amide bonds. The highest BCUT2D eigenvalue weighted by Gasteiger charge is 2.15. The van der Waals surface area contributed by atoms with Crippen LogP contribution in [0.3, 0.4) is 0 Å². The van der Waals surface area contributed by atoms with Gasteiger partial charge in [-0.1, -0.05) is 35.9 Å². The van der Waals surface area contributed by atoms with Crippen LogP contribution < -0.4 is 25.5 Å². The SMILES string of the molecule is COc1cc(/C=N\NC(=O)C(=O)Nc2c(C)cccc2C)ccc1OCC(=O)Nc1ccc(C)c(Cl)c1. The van der Waals surface area contributed by atoms with E-state index in [1.807, 2.05) is 45.0 Å². The second-order valence-corrected chi connectivity index (χ2v) is 8.54. The Balaban J connectivity index is 1.55. The summed E-state index contributed by atoms with van der Waals surface area (Å²) in [6.45, 7) is 5.30. The molecule has 0 unspecified atom stereocenters. The molecule has 0 aliphatic heterocycles. The van der Waals surface area contributed by atoms with Gasteiger partial charge in [0.25, 0.3) is 5.91 Å². The Morgan fingerprint density at radius 2 is 1.62 bits per heavy atom. The van der Waals surface area contributed by atoms with E-state index in [-0.39, 0.29) is 12.5 Å². The lowest BCUT2D eigenvalue weighted by molar-refractivity contribution is -0.136. The van der Waals surface area contributed by atoms with Crippen LogP contribution in [0.25, 0.3) is 0 Å². The number of carbonyl (C=O) groups excluding carboxylic acids is 3. The highest BCUT2D eigenvalue weighted by molar-refractivity contribution is 6.39.